The Bertz CT molecular complexity index is 467. The lowest BCUT2D eigenvalue weighted by Gasteiger charge is -2.22. The molecule has 1 fully saturated rings. The monoisotopic (exact) mass is 279 g/mol. The Hall–Kier alpha value is -1.00. The van der Waals surface area contributed by atoms with Gasteiger partial charge in [0.25, 0.3) is 0 Å². The summed E-state index contributed by atoms with van der Waals surface area (Å²) in [6, 6.07) is 8.05. The third-order valence-electron chi connectivity index (χ3n) is 2.94. The maximum atomic E-state index is 12.0. The zero-order chi connectivity index (χ0) is 14.0. The number of aryl methyl sites for hydroxylation is 1. The topological polar surface area (TPSA) is 38.3 Å². The number of benzene rings is 1. The van der Waals surface area contributed by atoms with Gasteiger partial charge in [0.2, 0.25) is 0 Å². The van der Waals surface area contributed by atoms with Crippen molar-refractivity contribution in [3.8, 4) is 0 Å². The van der Waals surface area contributed by atoms with Gasteiger partial charge >= 0.3 is 5.97 Å². The predicted molar refractivity (Wildman–Crippen MR) is 79.1 cm³/mol. The van der Waals surface area contributed by atoms with Gasteiger partial charge in [0.05, 0.1) is 5.37 Å². The fourth-order valence-electron chi connectivity index (χ4n) is 2.04. The smallest absolute Gasteiger partial charge is 0.324 e. The van der Waals surface area contributed by atoms with Crippen LogP contribution in [-0.2, 0) is 9.53 Å². The van der Waals surface area contributed by atoms with Crippen LogP contribution < -0.4 is 5.32 Å². The number of nitrogens with one attached hydrogen (secondary N) is 1. The summed E-state index contributed by atoms with van der Waals surface area (Å²) >= 11 is 1.76. The van der Waals surface area contributed by atoms with Crippen LogP contribution in [0.25, 0.3) is 0 Å². The summed E-state index contributed by atoms with van der Waals surface area (Å²) < 4.78 is 5.42. The number of esters is 1. The molecular weight excluding hydrogens is 258 g/mol. The molecule has 0 spiro atoms. The third-order valence-corrected chi connectivity index (χ3v) is 4.19. The number of thioether (sulfide) groups is 1. The van der Waals surface area contributed by atoms with Gasteiger partial charge in [0, 0.05) is 5.75 Å². The quantitative estimate of drug-likeness (QED) is 0.845. The van der Waals surface area contributed by atoms with E-state index in [1.807, 2.05) is 32.9 Å². The molecule has 1 aliphatic rings. The van der Waals surface area contributed by atoms with Crippen LogP contribution in [0, 0.1) is 6.92 Å². The number of rotatable bonds is 2. The highest BCUT2D eigenvalue weighted by atomic mass is 32.2. The highest BCUT2D eigenvalue weighted by Crippen LogP contribution is 2.34. The van der Waals surface area contributed by atoms with E-state index < -0.39 is 5.60 Å². The summed E-state index contributed by atoms with van der Waals surface area (Å²) in [6.07, 6.45) is 0. The van der Waals surface area contributed by atoms with Crippen LogP contribution in [0.15, 0.2) is 24.3 Å². The van der Waals surface area contributed by atoms with Crippen LogP contribution in [0.1, 0.15) is 37.3 Å². The van der Waals surface area contributed by atoms with E-state index >= 15 is 0 Å². The summed E-state index contributed by atoms with van der Waals surface area (Å²) in [6.45, 7) is 7.78. The molecular formula is C15H21NO2S. The number of carbonyl (C=O) groups is 1. The first-order valence-electron chi connectivity index (χ1n) is 6.53. The molecule has 1 N–H and O–H groups in total. The number of hydrogen-bond acceptors (Lipinski definition) is 4. The molecule has 19 heavy (non-hydrogen) atoms. The van der Waals surface area contributed by atoms with E-state index in [1.165, 1.54) is 11.1 Å². The second-order valence-corrected chi connectivity index (χ2v) is 6.96. The number of hydrogen-bond donors (Lipinski definition) is 1. The van der Waals surface area contributed by atoms with Crippen molar-refractivity contribution in [2.75, 3.05) is 5.75 Å². The maximum absolute atomic E-state index is 12.0. The van der Waals surface area contributed by atoms with Gasteiger partial charge in [-0.3, -0.25) is 10.1 Å². The Kier molecular flexibility index (Phi) is 4.21. The van der Waals surface area contributed by atoms with Crippen molar-refractivity contribution in [3.05, 3.63) is 35.4 Å². The average Bonchev–Trinajstić information content (AvgIpc) is 2.76. The highest BCUT2D eigenvalue weighted by Gasteiger charge is 2.33. The molecule has 0 saturated carbocycles. The molecule has 1 aliphatic heterocycles. The second kappa shape index (κ2) is 5.55. The first-order chi connectivity index (χ1) is 8.87. The van der Waals surface area contributed by atoms with E-state index in [4.69, 9.17) is 4.74 Å². The number of ether oxygens (including phenoxy) is 1. The molecule has 0 aliphatic carbocycles. The van der Waals surface area contributed by atoms with Crippen molar-refractivity contribution >= 4 is 17.7 Å². The van der Waals surface area contributed by atoms with E-state index in [-0.39, 0.29) is 17.4 Å². The van der Waals surface area contributed by atoms with Gasteiger partial charge in [-0.15, -0.1) is 11.8 Å². The Balaban J connectivity index is 2.01. The molecule has 104 valence electrons. The van der Waals surface area contributed by atoms with Gasteiger partial charge in [-0.1, -0.05) is 24.3 Å². The second-order valence-electron chi connectivity index (χ2n) is 5.82. The Morgan fingerprint density at radius 2 is 2.05 bits per heavy atom. The SMILES string of the molecule is Cc1ccccc1C1N[C@H](C(=O)OC(C)(C)C)CS1. The molecule has 0 aromatic heterocycles. The molecule has 1 heterocycles. The lowest BCUT2D eigenvalue weighted by atomic mass is 10.1. The van der Waals surface area contributed by atoms with E-state index in [9.17, 15) is 4.79 Å². The lowest BCUT2D eigenvalue weighted by Crippen LogP contribution is -2.39. The van der Waals surface area contributed by atoms with Crippen LogP contribution in [0.2, 0.25) is 0 Å². The van der Waals surface area contributed by atoms with Gasteiger partial charge < -0.3 is 4.74 Å². The minimum atomic E-state index is -0.426. The Labute approximate surface area is 119 Å². The standard InChI is InChI=1S/C15H21NO2S/c1-10-7-5-6-8-11(10)13-16-12(9-19-13)14(17)18-15(2,3)4/h5-8,12-13,16H,9H2,1-4H3/t12-,13?/m0/s1. The molecule has 0 amide bonds. The third kappa shape index (κ3) is 3.74. The average molecular weight is 279 g/mol. The van der Waals surface area contributed by atoms with Crippen LogP contribution in [-0.4, -0.2) is 23.4 Å². The van der Waals surface area contributed by atoms with Crippen molar-refractivity contribution in [1.82, 2.24) is 5.32 Å². The Morgan fingerprint density at radius 1 is 1.37 bits per heavy atom. The van der Waals surface area contributed by atoms with Crippen LogP contribution in [0.5, 0.6) is 0 Å². The molecule has 2 atom stereocenters. The fourth-order valence-corrected chi connectivity index (χ4v) is 3.36. The van der Waals surface area contributed by atoms with Gasteiger partial charge in [-0.25, -0.2) is 0 Å². The zero-order valence-electron chi connectivity index (χ0n) is 11.9. The molecule has 2 rings (SSSR count). The summed E-state index contributed by atoms with van der Waals surface area (Å²) in [5, 5.41) is 3.54. The minimum Gasteiger partial charge on any atom is -0.459 e. The first-order valence-corrected chi connectivity index (χ1v) is 7.58. The predicted octanol–water partition coefficient (Wildman–Crippen LogP) is 3.04. The normalized spacial score (nSPS) is 23.4. The molecule has 4 heteroatoms. The van der Waals surface area contributed by atoms with E-state index in [1.54, 1.807) is 11.8 Å². The summed E-state index contributed by atoms with van der Waals surface area (Å²) in [7, 11) is 0. The number of carbonyl (C=O) groups excluding carboxylic acids is 1. The van der Waals surface area contributed by atoms with E-state index in [0.717, 1.165) is 5.75 Å². The highest BCUT2D eigenvalue weighted by molar-refractivity contribution is 7.99. The van der Waals surface area contributed by atoms with Gasteiger partial charge in [0.15, 0.2) is 0 Å². The summed E-state index contributed by atoms with van der Waals surface area (Å²) in [5.41, 5.74) is 2.07. The van der Waals surface area contributed by atoms with Crippen molar-refractivity contribution < 1.29 is 9.53 Å². The van der Waals surface area contributed by atoms with E-state index in [2.05, 4.69) is 24.4 Å². The van der Waals surface area contributed by atoms with Crippen LogP contribution >= 0.6 is 11.8 Å². The zero-order valence-corrected chi connectivity index (χ0v) is 12.7. The van der Waals surface area contributed by atoms with Gasteiger partial charge in [-0.2, -0.15) is 0 Å². The van der Waals surface area contributed by atoms with Crippen molar-refractivity contribution in [1.29, 1.82) is 0 Å². The van der Waals surface area contributed by atoms with Crippen molar-refractivity contribution in [2.24, 2.45) is 0 Å². The van der Waals surface area contributed by atoms with Gasteiger partial charge in [-0.05, 0) is 38.8 Å². The largest absolute Gasteiger partial charge is 0.459 e. The van der Waals surface area contributed by atoms with Crippen molar-refractivity contribution in [3.63, 3.8) is 0 Å². The van der Waals surface area contributed by atoms with Crippen LogP contribution in [0.4, 0.5) is 0 Å². The first kappa shape index (κ1) is 14.4. The Morgan fingerprint density at radius 3 is 2.68 bits per heavy atom. The summed E-state index contributed by atoms with van der Waals surface area (Å²) in [4.78, 5) is 12.0. The molecule has 3 nitrogen and oxygen atoms in total. The fraction of sp³-hybridized carbons (Fsp3) is 0.533. The van der Waals surface area contributed by atoms with E-state index in [0.29, 0.717) is 0 Å². The van der Waals surface area contributed by atoms with Crippen molar-refractivity contribution in [2.45, 2.75) is 44.7 Å². The van der Waals surface area contributed by atoms with Crippen LogP contribution in [0.3, 0.4) is 0 Å². The molecule has 1 aromatic carbocycles. The molecule has 1 unspecified atom stereocenters. The molecule has 0 bridgehead atoms. The van der Waals surface area contributed by atoms with Gasteiger partial charge in [0.1, 0.15) is 11.6 Å². The molecule has 1 aromatic rings. The maximum Gasteiger partial charge on any atom is 0.324 e. The minimum absolute atomic E-state index is 0.156. The lowest BCUT2D eigenvalue weighted by molar-refractivity contribution is -0.156. The molecule has 0 radical (unpaired) electrons. The summed E-state index contributed by atoms with van der Waals surface area (Å²) in [5.74, 6) is 0.601. The molecule has 1 saturated heterocycles.